The van der Waals surface area contributed by atoms with Gasteiger partial charge in [-0.15, -0.1) is 16.8 Å². The maximum Gasteiger partial charge on any atom is 0.220 e. The van der Waals surface area contributed by atoms with E-state index in [2.05, 4.69) is 45.5 Å². The van der Waals surface area contributed by atoms with Crippen molar-refractivity contribution < 1.29 is 4.79 Å². The highest BCUT2D eigenvalue weighted by atomic mass is 32.2. The second kappa shape index (κ2) is 9.98. The average Bonchev–Trinajstić information content (AvgIpc) is 2.98. The molecule has 0 saturated heterocycles. The van der Waals surface area contributed by atoms with Crippen LogP contribution in [0.2, 0.25) is 0 Å². The molecule has 0 unspecified atom stereocenters. The summed E-state index contributed by atoms with van der Waals surface area (Å²) in [6.07, 6.45) is 6.45. The molecule has 6 nitrogen and oxygen atoms in total. The van der Waals surface area contributed by atoms with E-state index in [0.29, 0.717) is 25.3 Å². The number of amides is 1. The van der Waals surface area contributed by atoms with Gasteiger partial charge in [0.1, 0.15) is 0 Å². The minimum absolute atomic E-state index is 0.00462. The predicted octanol–water partition coefficient (Wildman–Crippen LogP) is 3.20. The minimum atomic E-state index is 0.00462. The van der Waals surface area contributed by atoms with E-state index in [4.69, 9.17) is 0 Å². The Kier molecular flexibility index (Phi) is 7.66. The molecule has 0 atom stereocenters. The van der Waals surface area contributed by atoms with Gasteiger partial charge in [-0.05, 0) is 30.0 Å². The van der Waals surface area contributed by atoms with Crippen LogP contribution in [0.25, 0.3) is 0 Å². The van der Waals surface area contributed by atoms with E-state index in [-0.39, 0.29) is 5.91 Å². The number of carbonyl (C=O) groups is 1. The molecule has 0 aliphatic rings. The molecule has 0 bridgehead atoms. The first-order valence-electron chi connectivity index (χ1n) is 8.41. The quantitative estimate of drug-likeness (QED) is 0.521. The lowest BCUT2D eigenvalue weighted by Crippen LogP contribution is -2.25. The van der Waals surface area contributed by atoms with Crippen molar-refractivity contribution in [1.29, 1.82) is 0 Å². The molecule has 0 fully saturated rings. The molecule has 1 amide bonds. The predicted molar refractivity (Wildman–Crippen MR) is 99.9 cm³/mol. The molecule has 2 rings (SSSR count). The van der Waals surface area contributed by atoms with E-state index in [0.717, 1.165) is 23.3 Å². The highest BCUT2D eigenvalue weighted by molar-refractivity contribution is 7.98. The Balaban J connectivity index is 2.02. The first-order valence-corrected chi connectivity index (χ1v) is 9.40. The fourth-order valence-corrected chi connectivity index (χ4v) is 3.15. The Morgan fingerprint density at radius 3 is 2.80 bits per heavy atom. The third kappa shape index (κ3) is 6.34. The van der Waals surface area contributed by atoms with Crippen LogP contribution in [0.5, 0.6) is 0 Å². The van der Waals surface area contributed by atoms with Gasteiger partial charge in [0.2, 0.25) is 5.91 Å². The molecule has 0 radical (unpaired) electrons. The van der Waals surface area contributed by atoms with E-state index in [1.54, 1.807) is 30.2 Å². The second-order valence-corrected chi connectivity index (χ2v) is 7.09. The van der Waals surface area contributed by atoms with Crippen LogP contribution in [0.4, 0.5) is 0 Å². The van der Waals surface area contributed by atoms with Crippen molar-refractivity contribution >= 4 is 17.7 Å². The highest BCUT2D eigenvalue weighted by Crippen LogP contribution is 2.22. The number of pyridine rings is 1. The van der Waals surface area contributed by atoms with E-state index < -0.39 is 0 Å². The third-order valence-corrected chi connectivity index (χ3v) is 4.52. The van der Waals surface area contributed by atoms with Crippen molar-refractivity contribution in [3.05, 3.63) is 48.6 Å². The molecule has 0 aromatic carbocycles. The van der Waals surface area contributed by atoms with Gasteiger partial charge in [0.25, 0.3) is 0 Å². The summed E-state index contributed by atoms with van der Waals surface area (Å²) in [5, 5.41) is 12.4. The molecule has 134 valence electrons. The number of rotatable bonds is 10. The van der Waals surface area contributed by atoms with Gasteiger partial charge in [-0.1, -0.05) is 31.7 Å². The van der Waals surface area contributed by atoms with Gasteiger partial charge in [0.15, 0.2) is 11.0 Å². The minimum Gasteiger partial charge on any atom is -0.349 e. The molecule has 1 N–H and O–H groups in total. The summed E-state index contributed by atoms with van der Waals surface area (Å²) in [5.74, 6) is 2.07. The number of allylic oxidation sites excluding steroid dienone is 1. The molecule has 2 aromatic heterocycles. The molecular weight excluding hydrogens is 334 g/mol. The number of thioether (sulfide) groups is 1. The molecular formula is C18H25N5OS. The number of hydrogen-bond acceptors (Lipinski definition) is 5. The molecule has 2 heterocycles. The summed E-state index contributed by atoms with van der Waals surface area (Å²) in [5.41, 5.74) is 1.19. The summed E-state index contributed by atoms with van der Waals surface area (Å²) in [6.45, 7) is 9.16. The van der Waals surface area contributed by atoms with Crippen LogP contribution >= 0.6 is 11.8 Å². The zero-order chi connectivity index (χ0) is 18.1. The second-order valence-electron chi connectivity index (χ2n) is 6.15. The van der Waals surface area contributed by atoms with Crippen molar-refractivity contribution in [2.45, 2.75) is 50.7 Å². The Labute approximate surface area is 153 Å². The third-order valence-electron chi connectivity index (χ3n) is 3.48. The number of aromatic nitrogens is 4. The fourth-order valence-electron chi connectivity index (χ4n) is 2.23. The molecule has 25 heavy (non-hydrogen) atoms. The van der Waals surface area contributed by atoms with Gasteiger partial charge >= 0.3 is 0 Å². The lowest BCUT2D eigenvalue weighted by Gasteiger charge is -2.13. The van der Waals surface area contributed by atoms with E-state index in [1.165, 1.54) is 5.56 Å². The summed E-state index contributed by atoms with van der Waals surface area (Å²) in [7, 11) is 0. The number of hydrogen-bond donors (Lipinski definition) is 1. The number of carbonyl (C=O) groups excluding carboxylic acids is 1. The van der Waals surface area contributed by atoms with Crippen LogP contribution < -0.4 is 5.32 Å². The lowest BCUT2D eigenvalue weighted by atomic mass is 10.2. The van der Waals surface area contributed by atoms with Gasteiger partial charge in [0, 0.05) is 31.1 Å². The van der Waals surface area contributed by atoms with Gasteiger partial charge in [-0.2, -0.15) is 0 Å². The standard InChI is InChI=1S/C18H25N5OS/c1-4-5-6-17(24)20-11-16-21-22-18(23(16)12-14(2)3)25-13-15-7-9-19-10-8-15/h4,7-10,14H,1,5-6,11-13H2,2-3H3,(H,20,24). The smallest absolute Gasteiger partial charge is 0.220 e. The first-order chi connectivity index (χ1) is 12.1. The largest absolute Gasteiger partial charge is 0.349 e. The van der Waals surface area contributed by atoms with Gasteiger partial charge in [-0.25, -0.2) is 0 Å². The maximum absolute atomic E-state index is 11.8. The molecule has 2 aromatic rings. The zero-order valence-electron chi connectivity index (χ0n) is 14.8. The van der Waals surface area contributed by atoms with Gasteiger partial charge < -0.3 is 9.88 Å². The van der Waals surface area contributed by atoms with Gasteiger partial charge in [-0.3, -0.25) is 9.78 Å². The molecule has 0 saturated carbocycles. The Hall–Kier alpha value is -2.15. The monoisotopic (exact) mass is 359 g/mol. The Morgan fingerprint density at radius 1 is 1.36 bits per heavy atom. The average molecular weight is 359 g/mol. The van der Waals surface area contributed by atoms with E-state index in [1.807, 2.05) is 12.1 Å². The topological polar surface area (TPSA) is 72.7 Å². The fraction of sp³-hybridized carbons (Fsp3) is 0.444. The molecule has 0 aliphatic heterocycles. The van der Waals surface area contributed by atoms with Crippen molar-refractivity contribution in [3.63, 3.8) is 0 Å². The van der Waals surface area contributed by atoms with E-state index >= 15 is 0 Å². The molecule has 0 spiro atoms. The normalized spacial score (nSPS) is 10.8. The van der Waals surface area contributed by atoms with Crippen molar-refractivity contribution in [2.24, 2.45) is 5.92 Å². The Morgan fingerprint density at radius 2 is 2.12 bits per heavy atom. The van der Waals surface area contributed by atoms with Crippen LogP contribution in [-0.4, -0.2) is 25.7 Å². The Bertz CT molecular complexity index is 684. The van der Waals surface area contributed by atoms with Crippen LogP contribution in [0.3, 0.4) is 0 Å². The summed E-state index contributed by atoms with van der Waals surface area (Å²) >= 11 is 1.65. The number of nitrogens with zero attached hydrogens (tertiary/aromatic N) is 4. The van der Waals surface area contributed by atoms with Crippen LogP contribution in [0.1, 0.15) is 38.1 Å². The van der Waals surface area contributed by atoms with Crippen molar-refractivity contribution in [1.82, 2.24) is 25.1 Å². The van der Waals surface area contributed by atoms with Crippen LogP contribution in [0.15, 0.2) is 42.3 Å². The van der Waals surface area contributed by atoms with Crippen LogP contribution in [-0.2, 0) is 23.6 Å². The van der Waals surface area contributed by atoms with Gasteiger partial charge in [0.05, 0.1) is 6.54 Å². The SMILES string of the molecule is C=CCCC(=O)NCc1nnc(SCc2ccncc2)n1CC(C)C. The lowest BCUT2D eigenvalue weighted by molar-refractivity contribution is -0.121. The summed E-state index contributed by atoms with van der Waals surface area (Å²) in [6, 6.07) is 3.99. The first kappa shape index (κ1) is 19.2. The highest BCUT2D eigenvalue weighted by Gasteiger charge is 2.14. The molecule has 7 heteroatoms. The van der Waals surface area contributed by atoms with E-state index in [9.17, 15) is 4.79 Å². The van der Waals surface area contributed by atoms with Crippen molar-refractivity contribution in [3.8, 4) is 0 Å². The summed E-state index contributed by atoms with van der Waals surface area (Å²) < 4.78 is 2.10. The number of nitrogens with one attached hydrogen (secondary N) is 1. The molecule has 0 aliphatic carbocycles. The van der Waals surface area contributed by atoms with Crippen molar-refractivity contribution in [2.75, 3.05) is 0 Å². The summed E-state index contributed by atoms with van der Waals surface area (Å²) in [4.78, 5) is 15.8. The maximum atomic E-state index is 11.8. The zero-order valence-corrected chi connectivity index (χ0v) is 15.6. The van der Waals surface area contributed by atoms with Crippen LogP contribution in [0, 0.1) is 5.92 Å².